The van der Waals surface area contributed by atoms with Crippen molar-refractivity contribution >= 4 is 54.1 Å². The van der Waals surface area contributed by atoms with Crippen molar-refractivity contribution in [2.24, 2.45) is 0 Å². The molecule has 1 heterocycles. The van der Waals surface area contributed by atoms with Gasteiger partial charge in [-0.05, 0) is 68.7 Å². The van der Waals surface area contributed by atoms with E-state index in [1.807, 2.05) is 12.1 Å². The number of hydrogen-bond acceptors (Lipinski definition) is 1. The van der Waals surface area contributed by atoms with Gasteiger partial charge in [0.25, 0.3) is 0 Å². The smallest absolute Gasteiger partial charge is 0.119 e. The fraction of sp³-hybridized carbons (Fsp3) is 0.0370. The van der Waals surface area contributed by atoms with Gasteiger partial charge in [-0.1, -0.05) is 48.5 Å². The summed E-state index contributed by atoms with van der Waals surface area (Å²) in [5.74, 6) is 0.874. The Morgan fingerprint density at radius 1 is 0.552 bits per heavy atom. The maximum Gasteiger partial charge on any atom is 0.119 e. The third-order valence-corrected chi connectivity index (χ3v) is 6.40. The molecule has 0 fully saturated rings. The van der Waals surface area contributed by atoms with Crippen molar-refractivity contribution in [2.45, 2.75) is 0 Å². The Labute approximate surface area is 167 Å². The first-order valence-corrected chi connectivity index (χ1v) is 9.91. The Bertz CT molecular complexity index is 1570. The van der Waals surface area contributed by atoms with Gasteiger partial charge in [-0.25, -0.2) is 0 Å². The minimum absolute atomic E-state index is 0.874. The molecule has 2 nitrogen and oxygen atoms in total. The molecule has 0 saturated heterocycles. The molecule has 0 saturated carbocycles. The summed E-state index contributed by atoms with van der Waals surface area (Å²) in [6.45, 7) is 0. The van der Waals surface area contributed by atoms with E-state index in [4.69, 9.17) is 4.74 Å². The minimum atomic E-state index is 0.874. The van der Waals surface area contributed by atoms with Crippen LogP contribution in [0.25, 0.3) is 59.8 Å². The fourth-order valence-electron chi connectivity index (χ4n) is 5.20. The molecule has 0 aliphatic carbocycles. The van der Waals surface area contributed by atoms with Crippen molar-refractivity contribution in [3.63, 3.8) is 0 Å². The van der Waals surface area contributed by atoms with Gasteiger partial charge >= 0.3 is 0 Å². The van der Waals surface area contributed by atoms with Gasteiger partial charge < -0.3 is 9.30 Å². The number of fused-ring (bicyclic) bond motifs is 1. The first-order chi connectivity index (χ1) is 14.3. The highest BCUT2D eigenvalue weighted by atomic mass is 16.5. The van der Waals surface area contributed by atoms with Crippen molar-refractivity contribution in [3.05, 3.63) is 84.9 Å². The van der Waals surface area contributed by atoms with Gasteiger partial charge in [0.1, 0.15) is 5.75 Å². The molecule has 0 N–H and O–H groups in total. The molecule has 0 spiro atoms. The van der Waals surface area contributed by atoms with Gasteiger partial charge in [0, 0.05) is 16.5 Å². The number of ether oxygens (including phenoxy) is 1. The van der Waals surface area contributed by atoms with Crippen LogP contribution in [0.3, 0.4) is 0 Å². The Balaban J connectivity index is 1.80. The number of nitrogens with zero attached hydrogens (tertiary/aromatic N) is 1. The van der Waals surface area contributed by atoms with E-state index in [0.29, 0.717) is 0 Å². The Morgan fingerprint density at radius 3 is 1.62 bits per heavy atom. The molecule has 0 aliphatic rings. The van der Waals surface area contributed by atoms with Gasteiger partial charge in [-0.2, -0.15) is 0 Å². The molecule has 136 valence electrons. The predicted molar refractivity (Wildman–Crippen MR) is 122 cm³/mol. The molecule has 7 rings (SSSR count). The summed E-state index contributed by atoms with van der Waals surface area (Å²) in [7, 11) is 1.71. The second-order valence-corrected chi connectivity index (χ2v) is 7.76. The predicted octanol–water partition coefficient (Wildman–Crippen LogP) is 7.13. The van der Waals surface area contributed by atoms with Crippen LogP contribution in [0.1, 0.15) is 0 Å². The van der Waals surface area contributed by atoms with Crippen molar-refractivity contribution in [3.8, 4) is 11.4 Å². The van der Waals surface area contributed by atoms with E-state index in [-0.39, 0.29) is 0 Å². The average Bonchev–Trinajstić information content (AvgIpc) is 3.13. The zero-order chi connectivity index (χ0) is 19.1. The van der Waals surface area contributed by atoms with Crippen LogP contribution in [0.15, 0.2) is 84.9 Å². The van der Waals surface area contributed by atoms with E-state index < -0.39 is 0 Å². The molecule has 0 bridgehead atoms. The third-order valence-electron chi connectivity index (χ3n) is 6.40. The molecular formula is C27H17NO. The van der Waals surface area contributed by atoms with Gasteiger partial charge in [0.2, 0.25) is 0 Å². The lowest BCUT2D eigenvalue weighted by atomic mass is 9.90. The topological polar surface area (TPSA) is 14.2 Å². The number of rotatable bonds is 2. The quantitative estimate of drug-likeness (QED) is 0.233. The second-order valence-electron chi connectivity index (χ2n) is 7.76. The average molecular weight is 371 g/mol. The van der Waals surface area contributed by atoms with E-state index in [0.717, 1.165) is 11.4 Å². The lowest BCUT2D eigenvalue weighted by Gasteiger charge is -2.12. The number of aromatic nitrogens is 1. The van der Waals surface area contributed by atoms with Gasteiger partial charge in [-0.3, -0.25) is 0 Å². The normalized spacial score (nSPS) is 12.3. The molecule has 2 heteroatoms. The van der Waals surface area contributed by atoms with Crippen LogP contribution >= 0.6 is 0 Å². The van der Waals surface area contributed by atoms with Crippen LogP contribution in [0, 0.1) is 0 Å². The van der Waals surface area contributed by atoms with Crippen molar-refractivity contribution in [1.29, 1.82) is 0 Å². The lowest BCUT2D eigenvalue weighted by molar-refractivity contribution is 0.415. The van der Waals surface area contributed by atoms with E-state index in [1.54, 1.807) is 7.11 Å². The van der Waals surface area contributed by atoms with Crippen LogP contribution in [0.2, 0.25) is 0 Å². The van der Waals surface area contributed by atoms with Crippen LogP contribution in [-0.2, 0) is 0 Å². The Hall–Kier alpha value is -3.78. The zero-order valence-electron chi connectivity index (χ0n) is 15.9. The van der Waals surface area contributed by atoms with Crippen molar-refractivity contribution in [2.75, 3.05) is 7.11 Å². The molecule has 6 aromatic carbocycles. The molecular weight excluding hydrogens is 354 g/mol. The van der Waals surface area contributed by atoms with E-state index in [9.17, 15) is 0 Å². The maximum atomic E-state index is 5.37. The summed E-state index contributed by atoms with van der Waals surface area (Å²) in [6.07, 6.45) is 0. The first kappa shape index (κ1) is 15.2. The maximum absolute atomic E-state index is 5.37. The summed E-state index contributed by atoms with van der Waals surface area (Å²) >= 11 is 0. The summed E-state index contributed by atoms with van der Waals surface area (Å²) in [6, 6.07) is 30.7. The fourth-order valence-corrected chi connectivity index (χ4v) is 5.20. The van der Waals surface area contributed by atoms with Gasteiger partial charge in [0.05, 0.1) is 18.1 Å². The SMILES string of the molecule is COc1ccc(-n2c3ccc4cccc5c6cccc7ccc2c(c76)c3c45)cc1. The summed E-state index contributed by atoms with van der Waals surface area (Å²) in [5, 5.41) is 10.8. The molecule has 0 radical (unpaired) electrons. The van der Waals surface area contributed by atoms with E-state index in [1.165, 1.54) is 54.1 Å². The second kappa shape index (κ2) is 5.18. The third kappa shape index (κ3) is 1.77. The summed E-state index contributed by atoms with van der Waals surface area (Å²) in [5.41, 5.74) is 3.67. The van der Waals surface area contributed by atoms with Crippen LogP contribution in [-0.4, -0.2) is 11.7 Å². The highest BCUT2D eigenvalue weighted by Gasteiger charge is 2.21. The lowest BCUT2D eigenvalue weighted by Crippen LogP contribution is -1.93. The Morgan fingerprint density at radius 2 is 1.10 bits per heavy atom. The van der Waals surface area contributed by atoms with Crippen LogP contribution in [0.4, 0.5) is 0 Å². The highest BCUT2D eigenvalue weighted by Crippen LogP contribution is 2.46. The van der Waals surface area contributed by atoms with E-state index >= 15 is 0 Å². The number of hydrogen-bond donors (Lipinski definition) is 0. The molecule has 0 unspecified atom stereocenters. The largest absolute Gasteiger partial charge is 0.497 e. The van der Waals surface area contributed by atoms with Crippen molar-refractivity contribution in [1.82, 2.24) is 4.57 Å². The first-order valence-electron chi connectivity index (χ1n) is 9.91. The van der Waals surface area contributed by atoms with E-state index in [2.05, 4.69) is 77.4 Å². The molecule has 1 aromatic heterocycles. The molecule has 7 aromatic rings. The molecule has 29 heavy (non-hydrogen) atoms. The molecule has 0 aliphatic heterocycles. The van der Waals surface area contributed by atoms with Gasteiger partial charge in [-0.15, -0.1) is 0 Å². The molecule has 0 atom stereocenters. The van der Waals surface area contributed by atoms with Crippen LogP contribution in [0.5, 0.6) is 5.75 Å². The summed E-state index contributed by atoms with van der Waals surface area (Å²) < 4.78 is 7.76. The summed E-state index contributed by atoms with van der Waals surface area (Å²) in [4.78, 5) is 0. The van der Waals surface area contributed by atoms with Gasteiger partial charge in [0.15, 0.2) is 0 Å². The number of methoxy groups -OCH3 is 1. The zero-order valence-corrected chi connectivity index (χ0v) is 15.9. The monoisotopic (exact) mass is 371 g/mol. The molecule has 0 amide bonds. The number of benzene rings is 6. The van der Waals surface area contributed by atoms with Crippen molar-refractivity contribution < 1.29 is 4.74 Å². The standard InChI is InChI=1S/C27H17NO/c1-29-19-12-10-18(11-13-19)28-22-14-8-16-4-2-6-20-21-7-3-5-17-9-15-23(28)27(25(17)21)26(22)24(16)20/h2-15H,1H3. The highest BCUT2D eigenvalue weighted by molar-refractivity contribution is 6.40. The minimum Gasteiger partial charge on any atom is -0.497 e. The Kier molecular flexibility index (Phi) is 2.71. The van der Waals surface area contributed by atoms with Crippen LogP contribution < -0.4 is 4.74 Å².